The number of thioether (sulfide) groups is 1. The molecule has 1 aromatic carbocycles. The molecule has 0 atom stereocenters. The first-order chi connectivity index (χ1) is 17.9. The Hall–Kier alpha value is -2.63. The fraction of sp³-hybridized carbons (Fsp3) is 0.440. The van der Waals surface area contributed by atoms with Gasteiger partial charge in [0.15, 0.2) is 11.0 Å². The predicted molar refractivity (Wildman–Crippen MR) is 142 cm³/mol. The zero-order valence-corrected chi connectivity index (χ0v) is 23.0. The largest absolute Gasteiger partial charge is 0.486 e. The molecule has 0 aliphatic heterocycles. The highest BCUT2D eigenvalue weighted by Gasteiger charge is 2.27. The van der Waals surface area contributed by atoms with Crippen LogP contribution in [-0.2, 0) is 35.5 Å². The van der Waals surface area contributed by atoms with Gasteiger partial charge in [-0.05, 0) is 57.2 Å². The van der Waals surface area contributed by atoms with Crippen LogP contribution in [0.15, 0.2) is 23.4 Å². The van der Waals surface area contributed by atoms with Gasteiger partial charge in [0.1, 0.15) is 23.2 Å². The van der Waals surface area contributed by atoms with Crippen molar-refractivity contribution < 1.29 is 23.5 Å². The van der Waals surface area contributed by atoms with Gasteiger partial charge >= 0.3 is 5.97 Å². The Labute approximate surface area is 227 Å². The molecule has 1 aliphatic rings. The van der Waals surface area contributed by atoms with E-state index in [1.54, 1.807) is 6.92 Å². The van der Waals surface area contributed by atoms with E-state index in [2.05, 4.69) is 15.5 Å². The Morgan fingerprint density at radius 1 is 1.22 bits per heavy atom. The number of amides is 1. The lowest BCUT2D eigenvalue weighted by Gasteiger charge is -2.10. The van der Waals surface area contributed by atoms with Crippen LogP contribution in [0.4, 0.5) is 9.39 Å². The molecule has 0 radical (unpaired) electrons. The van der Waals surface area contributed by atoms with E-state index in [9.17, 15) is 14.0 Å². The maximum atomic E-state index is 13.4. The third-order valence-corrected chi connectivity index (χ3v) is 8.32. The molecule has 0 bridgehead atoms. The lowest BCUT2D eigenvalue weighted by atomic mass is 10.1. The minimum atomic E-state index is -0.518. The maximum absolute atomic E-state index is 13.4. The highest BCUT2D eigenvalue weighted by atomic mass is 35.5. The lowest BCUT2D eigenvalue weighted by Crippen LogP contribution is -2.17. The topological polar surface area (TPSA) is 95.3 Å². The molecule has 1 N–H and O–H groups in total. The SMILES string of the molecule is CCOC(=O)c1c(NC(=O)CSc2nnc(COc3ccc(F)c(Cl)c3)n2CC)sc2c1CCCCC2. The number of ether oxygens (including phenoxy) is 2. The van der Waals surface area contributed by atoms with Crippen LogP contribution < -0.4 is 10.1 Å². The molecule has 2 heterocycles. The predicted octanol–water partition coefficient (Wildman–Crippen LogP) is 5.91. The summed E-state index contributed by atoms with van der Waals surface area (Å²) in [7, 11) is 0. The zero-order chi connectivity index (χ0) is 26.4. The van der Waals surface area contributed by atoms with Crippen LogP contribution >= 0.6 is 34.7 Å². The highest BCUT2D eigenvalue weighted by molar-refractivity contribution is 7.99. The molecule has 0 unspecified atom stereocenters. The first kappa shape index (κ1) is 27.4. The Morgan fingerprint density at radius 3 is 2.78 bits per heavy atom. The second-order valence-electron chi connectivity index (χ2n) is 8.33. The molecule has 1 aliphatic carbocycles. The number of nitrogens with zero attached hydrogens (tertiary/aromatic N) is 3. The van der Waals surface area contributed by atoms with Crippen LogP contribution in [0.5, 0.6) is 5.75 Å². The van der Waals surface area contributed by atoms with Crippen molar-refractivity contribution in [3.8, 4) is 5.75 Å². The summed E-state index contributed by atoms with van der Waals surface area (Å²) in [5.74, 6) is -0.0682. The van der Waals surface area contributed by atoms with E-state index in [0.717, 1.165) is 42.5 Å². The van der Waals surface area contributed by atoms with E-state index in [0.29, 0.717) is 33.8 Å². The van der Waals surface area contributed by atoms with Gasteiger partial charge in [-0.25, -0.2) is 9.18 Å². The number of thiophene rings is 1. The fourth-order valence-electron chi connectivity index (χ4n) is 4.11. The Bertz CT molecular complexity index is 1280. The third kappa shape index (κ3) is 6.63. The van der Waals surface area contributed by atoms with Gasteiger partial charge in [-0.15, -0.1) is 21.5 Å². The first-order valence-electron chi connectivity index (χ1n) is 12.1. The van der Waals surface area contributed by atoms with E-state index < -0.39 is 5.82 Å². The molecule has 0 saturated heterocycles. The molecule has 37 heavy (non-hydrogen) atoms. The van der Waals surface area contributed by atoms with Crippen molar-refractivity contribution in [2.24, 2.45) is 0 Å². The van der Waals surface area contributed by atoms with Crippen molar-refractivity contribution >= 4 is 51.6 Å². The normalized spacial score (nSPS) is 13.1. The smallest absolute Gasteiger partial charge is 0.341 e. The van der Waals surface area contributed by atoms with E-state index in [4.69, 9.17) is 21.1 Å². The Morgan fingerprint density at radius 2 is 2.03 bits per heavy atom. The number of esters is 1. The number of hydrogen-bond acceptors (Lipinski definition) is 8. The number of benzene rings is 1. The second kappa shape index (κ2) is 12.7. The molecule has 2 aromatic heterocycles. The van der Waals surface area contributed by atoms with E-state index in [1.165, 1.54) is 41.3 Å². The molecule has 0 spiro atoms. The Kier molecular flexibility index (Phi) is 9.44. The number of anilines is 1. The molecular formula is C25H28ClFN4O4S2. The number of hydrogen-bond donors (Lipinski definition) is 1. The quantitative estimate of drug-likeness (QED) is 0.185. The molecule has 12 heteroatoms. The molecule has 198 valence electrons. The van der Waals surface area contributed by atoms with Crippen molar-refractivity contribution in [2.45, 2.75) is 64.3 Å². The number of rotatable bonds is 10. The van der Waals surface area contributed by atoms with Crippen LogP contribution in [0.3, 0.4) is 0 Å². The summed E-state index contributed by atoms with van der Waals surface area (Å²) in [5.41, 5.74) is 1.51. The number of nitrogens with one attached hydrogen (secondary N) is 1. The van der Waals surface area contributed by atoms with Crippen LogP contribution in [0.2, 0.25) is 5.02 Å². The van der Waals surface area contributed by atoms with Gasteiger partial charge in [-0.3, -0.25) is 4.79 Å². The number of fused-ring (bicyclic) bond motifs is 1. The molecule has 3 aromatic rings. The van der Waals surface area contributed by atoms with Crippen LogP contribution in [0.1, 0.15) is 59.7 Å². The summed E-state index contributed by atoms with van der Waals surface area (Å²) in [6.07, 6.45) is 4.95. The standard InChI is InChI=1S/C25H28ClFN4O4S2/c1-3-31-20(13-35-15-10-11-18(27)17(26)12-15)29-30-25(31)36-14-21(32)28-23-22(24(33)34-4-2)16-8-6-5-7-9-19(16)37-23/h10-12H,3-9,13-14H2,1-2H3,(H,28,32). The van der Waals surface area contributed by atoms with Crippen molar-refractivity contribution in [2.75, 3.05) is 17.7 Å². The van der Waals surface area contributed by atoms with E-state index in [1.807, 2.05) is 11.5 Å². The summed E-state index contributed by atoms with van der Waals surface area (Å²) in [5, 5.41) is 12.4. The summed E-state index contributed by atoms with van der Waals surface area (Å²) in [6, 6.07) is 4.13. The van der Waals surface area contributed by atoms with Crippen LogP contribution in [0.25, 0.3) is 0 Å². The summed E-state index contributed by atoms with van der Waals surface area (Å²) < 4.78 is 26.2. The molecule has 4 rings (SSSR count). The van der Waals surface area contributed by atoms with Gasteiger partial charge in [-0.1, -0.05) is 29.8 Å². The minimum absolute atomic E-state index is 0.0232. The fourth-order valence-corrected chi connectivity index (χ4v) is 6.39. The van der Waals surface area contributed by atoms with Crippen molar-refractivity contribution in [3.63, 3.8) is 0 Å². The van der Waals surface area contributed by atoms with Gasteiger partial charge in [0.25, 0.3) is 0 Å². The van der Waals surface area contributed by atoms with E-state index in [-0.39, 0.29) is 35.9 Å². The molecular weight excluding hydrogens is 539 g/mol. The van der Waals surface area contributed by atoms with Crippen molar-refractivity contribution in [3.05, 3.63) is 50.9 Å². The summed E-state index contributed by atoms with van der Waals surface area (Å²) in [6.45, 7) is 4.68. The molecule has 0 fully saturated rings. The Balaban J connectivity index is 1.41. The average molecular weight is 567 g/mol. The van der Waals surface area contributed by atoms with Gasteiger partial charge in [0, 0.05) is 17.5 Å². The zero-order valence-electron chi connectivity index (χ0n) is 20.6. The van der Waals surface area contributed by atoms with Gasteiger partial charge < -0.3 is 19.4 Å². The van der Waals surface area contributed by atoms with Gasteiger partial charge in [0.05, 0.1) is 22.9 Å². The lowest BCUT2D eigenvalue weighted by molar-refractivity contribution is -0.113. The molecule has 1 amide bonds. The number of carbonyl (C=O) groups is 2. The number of aromatic nitrogens is 3. The van der Waals surface area contributed by atoms with Gasteiger partial charge in [0.2, 0.25) is 5.91 Å². The minimum Gasteiger partial charge on any atom is -0.486 e. The van der Waals surface area contributed by atoms with Crippen molar-refractivity contribution in [1.29, 1.82) is 0 Å². The van der Waals surface area contributed by atoms with E-state index >= 15 is 0 Å². The maximum Gasteiger partial charge on any atom is 0.341 e. The monoisotopic (exact) mass is 566 g/mol. The molecule has 0 saturated carbocycles. The third-order valence-electron chi connectivity index (χ3n) is 5.85. The van der Waals surface area contributed by atoms with Gasteiger partial charge in [-0.2, -0.15) is 0 Å². The highest BCUT2D eigenvalue weighted by Crippen LogP contribution is 2.38. The van der Waals surface area contributed by atoms with Crippen molar-refractivity contribution in [1.82, 2.24) is 14.8 Å². The first-order valence-corrected chi connectivity index (χ1v) is 14.3. The second-order valence-corrected chi connectivity index (χ2v) is 10.8. The number of aryl methyl sites for hydroxylation is 1. The number of halogens is 2. The molecule has 8 nitrogen and oxygen atoms in total. The summed E-state index contributed by atoms with van der Waals surface area (Å²) in [4.78, 5) is 26.8. The summed E-state index contributed by atoms with van der Waals surface area (Å²) >= 11 is 8.53. The van der Waals surface area contributed by atoms with Crippen LogP contribution in [-0.4, -0.2) is 39.0 Å². The average Bonchev–Trinajstić information content (AvgIpc) is 3.35. The number of carbonyl (C=O) groups excluding carboxylic acids is 2. The van der Waals surface area contributed by atoms with Crippen LogP contribution in [0, 0.1) is 5.82 Å².